The molecule has 0 radical (unpaired) electrons. The van der Waals surface area contributed by atoms with Gasteiger partial charge in [0.05, 0.1) is 13.7 Å². The van der Waals surface area contributed by atoms with Gasteiger partial charge in [0.25, 0.3) is 11.8 Å². The lowest BCUT2D eigenvalue weighted by molar-refractivity contribution is -0.139. The molecule has 2 aliphatic heterocycles. The standard InChI is InChI=1S/C20H28N6O5/c1-20(14-6-5-7-15(12-14)31-4)17(28)26(18(29)21-20)22-16(27)13-24-8-10-25(11-9-24)19(30)23(2)3/h5-7,12H,8-11,13H2,1-4H3,(H,21,29)(H,22,27). The number of piperazine rings is 1. The summed E-state index contributed by atoms with van der Waals surface area (Å²) in [6.07, 6.45) is 0. The van der Waals surface area contributed by atoms with Crippen LogP contribution in [0.5, 0.6) is 5.75 Å². The van der Waals surface area contributed by atoms with Crippen molar-refractivity contribution < 1.29 is 23.9 Å². The van der Waals surface area contributed by atoms with Gasteiger partial charge in [0.1, 0.15) is 11.3 Å². The summed E-state index contributed by atoms with van der Waals surface area (Å²) in [7, 11) is 4.90. The Labute approximate surface area is 180 Å². The van der Waals surface area contributed by atoms with E-state index in [1.165, 1.54) is 12.0 Å². The maximum absolute atomic E-state index is 13.0. The smallest absolute Gasteiger partial charge is 0.344 e. The molecule has 0 spiro atoms. The van der Waals surface area contributed by atoms with Crippen LogP contribution in [0, 0.1) is 0 Å². The highest BCUT2D eigenvalue weighted by Crippen LogP contribution is 2.30. The van der Waals surface area contributed by atoms with Crippen molar-refractivity contribution in [1.29, 1.82) is 0 Å². The van der Waals surface area contributed by atoms with Crippen molar-refractivity contribution in [3.63, 3.8) is 0 Å². The number of rotatable bonds is 5. The number of hydrogen-bond donors (Lipinski definition) is 2. The Morgan fingerprint density at radius 3 is 2.48 bits per heavy atom. The topological polar surface area (TPSA) is 115 Å². The Kier molecular flexibility index (Phi) is 6.34. The highest BCUT2D eigenvalue weighted by Gasteiger charge is 2.50. The molecule has 0 aliphatic carbocycles. The van der Waals surface area contributed by atoms with E-state index in [2.05, 4.69) is 10.7 Å². The number of nitrogens with zero attached hydrogens (tertiary/aromatic N) is 4. The molecule has 3 rings (SSSR count). The van der Waals surface area contributed by atoms with Gasteiger partial charge in [-0.2, -0.15) is 5.01 Å². The van der Waals surface area contributed by atoms with Crippen LogP contribution in [0.1, 0.15) is 12.5 Å². The van der Waals surface area contributed by atoms with Gasteiger partial charge in [0, 0.05) is 40.3 Å². The monoisotopic (exact) mass is 432 g/mol. The lowest BCUT2D eigenvalue weighted by atomic mass is 9.92. The number of urea groups is 2. The minimum atomic E-state index is -1.32. The van der Waals surface area contributed by atoms with Gasteiger partial charge in [-0.15, -0.1) is 0 Å². The number of carbonyl (C=O) groups is 4. The van der Waals surface area contributed by atoms with Crippen molar-refractivity contribution in [3.05, 3.63) is 29.8 Å². The quantitative estimate of drug-likeness (QED) is 0.623. The first-order valence-corrected chi connectivity index (χ1v) is 9.95. The SMILES string of the molecule is COc1cccc(C2(C)NC(=O)N(NC(=O)CN3CCN(C(=O)N(C)C)CC3)C2=O)c1. The maximum Gasteiger partial charge on any atom is 0.344 e. The second kappa shape index (κ2) is 8.80. The number of nitrogens with one attached hydrogen (secondary N) is 2. The maximum atomic E-state index is 13.0. The summed E-state index contributed by atoms with van der Waals surface area (Å²) >= 11 is 0. The molecule has 0 saturated carbocycles. The average Bonchev–Trinajstić information content (AvgIpc) is 2.97. The normalized spacial score (nSPS) is 21.7. The van der Waals surface area contributed by atoms with E-state index in [4.69, 9.17) is 4.74 Å². The summed E-state index contributed by atoms with van der Waals surface area (Å²) in [5, 5.41) is 3.36. The van der Waals surface area contributed by atoms with E-state index in [0.29, 0.717) is 42.5 Å². The molecule has 0 bridgehead atoms. The molecule has 2 heterocycles. The summed E-state index contributed by atoms with van der Waals surface area (Å²) in [5.74, 6) is -0.513. The third-order valence-electron chi connectivity index (χ3n) is 5.47. The molecule has 2 saturated heterocycles. The van der Waals surface area contributed by atoms with Crippen molar-refractivity contribution >= 4 is 23.9 Å². The molecule has 2 aliphatic rings. The third-order valence-corrected chi connectivity index (χ3v) is 5.47. The first-order chi connectivity index (χ1) is 14.7. The number of benzene rings is 1. The molecule has 2 N–H and O–H groups in total. The molecule has 6 amide bonds. The van der Waals surface area contributed by atoms with Crippen LogP contribution in [0.3, 0.4) is 0 Å². The average molecular weight is 432 g/mol. The second-order valence-corrected chi connectivity index (χ2v) is 7.90. The van der Waals surface area contributed by atoms with Crippen LogP contribution < -0.4 is 15.5 Å². The predicted octanol–water partition coefficient (Wildman–Crippen LogP) is -0.207. The van der Waals surface area contributed by atoms with Crippen molar-refractivity contribution in [3.8, 4) is 5.75 Å². The van der Waals surface area contributed by atoms with E-state index in [1.54, 1.807) is 50.2 Å². The zero-order valence-corrected chi connectivity index (χ0v) is 18.2. The van der Waals surface area contributed by atoms with Gasteiger partial charge in [0.2, 0.25) is 0 Å². The first-order valence-electron chi connectivity index (χ1n) is 9.95. The number of imide groups is 1. The fraction of sp³-hybridized carbons (Fsp3) is 0.500. The van der Waals surface area contributed by atoms with Crippen LogP contribution in [0.4, 0.5) is 9.59 Å². The molecular formula is C20H28N6O5. The van der Waals surface area contributed by atoms with E-state index in [9.17, 15) is 19.2 Å². The van der Waals surface area contributed by atoms with Gasteiger partial charge in [-0.25, -0.2) is 9.59 Å². The number of hydrogen-bond acceptors (Lipinski definition) is 6. The predicted molar refractivity (Wildman–Crippen MR) is 111 cm³/mol. The number of carbonyl (C=O) groups excluding carboxylic acids is 4. The molecule has 1 aromatic rings. The fourth-order valence-corrected chi connectivity index (χ4v) is 3.61. The van der Waals surface area contributed by atoms with Crippen LogP contribution in [-0.4, -0.2) is 97.5 Å². The molecule has 168 valence electrons. The number of ether oxygens (including phenoxy) is 1. The third kappa shape index (κ3) is 4.55. The largest absolute Gasteiger partial charge is 0.497 e. The van der Waals surface area contributed by atoms with Crippen LogP contribution in [0.15, 0.2) is 24.3 Å². The molecule has 1 unspecified atom stereocenters. The van der Waals surface area contributed by atoms with Crippen LogP contribution in [0.25, 0.3) is 0 Å². The van der Waals surface area contributed by atoms with E-state index < -0.39 is 23.4 Å². The molecule has 31 heavy (non-hydrogen) atoms. The summed E-state index contributed by atoms with van der Waals surface area (Å²) in [6, 6.07) is 6.06. The molecular weight excluding hydrogens is 404 g/mol. The summed E-state index contributed by atoms with van der Waals surface area (Å²) in [5.41, 5.74) is 1.63. The minimum Gasteiger partial charge on any atom is -0.497 e. The minimum absolute atomic E-state index is 0.0108. The lowest BCUT2D eigenvalue weighted by Gasteiger charge is -2.35. The van der Waals surface area contributed by atoms with Gasteiger partial charge in [-0.05, 0) is 24.6 Å². The van der Waals surface area contributed by atoms with Crippen molar-refractivity contribution in [2.24, 2.45) is 0 Å². The number of methoxy groups -OCH3 is 1. The zero-order valence-electron chi connectivity index (χ0n) is 18.2. The van der Waals surface area contributed by atoms with Gasteiger partial charge < -0.3 is 19.9 Å². The second-order valence-electron chi connectivity index (χ2n) is 7.90. The highest BCUT2D eigenvalue weighted by atomic mass is 16.5. The fourth-order valence-electron chi connectivity index (χ4n) is 3.61. The summed E-state index contributed by atoms with van der Waals surface area (Å²) in [6.45, 7) is 3.64. The Morgan fingerprint density at radius 2 is 1.87 bits per heavy atom. The molecule has 2 fully saturated rings. The van der Waals surface area contributed by atoms with Gasteiger partial charge in [0.15, 0.2) is 0 Å². The molecule has 11 heteroatoms. The molecule has 1 aromatic carbocycles. The van der Waals surface area contributed by atoms with Crippen molar-refractivity contribution in [1.82, 2.24) is 30.5 Å². The van der Waals surface area contributed by atoms with E-state index in [0.717, 1.165) is 0 Å². The van der Waals surface area contributed by atoms with Crippen LogP contribution >= 0.6 is 0 Å². The van der Waals surface area contributed by atoms with E-state index in [1.807, 2.05) is 4.90 Å². The zero-order chi connectivity index (χ0) is 22.8. The van der Waals surface area contributed by atoms with Crippen LogP contribution in [0.2, 0.25) is 0 Å². The van der Waals surface area contributed by atoms with Crippen LogP contribution in [-0.2, 0) is 15.1 Å². The van der Waals surface area contributed by atoms with Gasteiger partial charge >= 0.3 is 12.1 Å². The molecule has 11 nitrogen and oxygen atoms in total. The first kappa shape index (κ1) is 22.3. The molecule has 1 atom stereocenters. The lowest BCUT2D eigenvalue weighted by Crippen LogP contribution is -2.55. The van der Waals surface area contributed by atoms with Gasteiger partial charge in [-0.3, -0.25) is 19.9 Å². The highest BCUT2D eigenvalue weighted by molar-refractivity contribution is 6.08. The van der Waals surface area contributed by atoms with Gasteiger partial charge in [-0.1, -0.05) is 12.1 Å². The molecule has 0 aromatic heterocycles. The summed E-state index contributed by atoms with van der Waals surface area (Å²) in [4.78, 5) is 55.0. The number of hydrazine groups is 1. The Morgan fingerprint density at radius 1 is 1.19 bits per heavy atom. The number of amides is 6. The van der Waals surface area contributed by atoms with E-state index >= 15 is 0 Å². The Bertz CT molecular complexity index is 883. The van der Waals surface area contributed by atoms with E-state index in [-0.39, 0.29) is 12.6 Å². The Hall–Kier alpha value is -3.34. The van der Waals surface area contributed by atoms with Crippen molar-refractivity contribution in [2.75, 3.05) is 53.9 Å². The Balaban J connectivity index is 1.59. The van der Waals surface area contributed by atoms with Crippen molar-refractivity contribution in [2.45, 2.75) is 12.5 Å². The summed E-state index contributed by atoms with van der Waals surface area (Å²) < 4.78 is 5.19.